The van der Waals surface area contributed by atoms with Crippen LogP contribution >= 0.6 is 0 Å². The molecule has 2 aliphatic rings. The van der Waals surface area contributed by atoms with Crippen molar-refractivity contribution in [1.29, 1.82) is 0 Å². The monoisotopic (exact) mass is 268 g/mol. The molecule has 2 fully saturated rings. The fourth-order valence-corrected chi connectivity index (χ4v) is 3.74. The average molecular weight is 268 g/mol. The van der Waals surface area contributed by atoms with Crippen LogP contribution in [0, 0.1) is 17.8 Å². The number of hydrogen-bond donors (Lipinski definition) is 3. The molecule has 0 spiro atoms. The molecule has 0 aliphatic heterocycles. The van der Waals surface area contributed by atoms with Gasteiger partial charge in [-0.05, 0) is 38.1 Å². The summed E-state index contributed by atoms with van der Waals surface area (Å²) < 4.78 is 0. The molecule has 0 aromatic carbocycles. The summed E-state index contributed by atoms with van der Waals surface area (Å²) in [6.07, 6.45) is 8.78. The predicted molar refractivity (Wildman–Crippen MR) is 75.5 cm³/mol. The van der Waals surface area contributed by atoms with E-state index in [9.17, 15) is 9.90 Å². The van der Waals surface area contributed by atoms with E-state index in [1.807, 2.05) is 0 Å². The summed E-state index contributed by atoms with van der Waals surface area (Å²) in [5.74, 6) is 0.878. The first-order valence-corrected chi connectivity index (χ1v) is 7.87. The Morgan fingerprint density at radius 3 is 2.37 bits per heavy atom. The standard InChI is InChI=1S/C15H28N2O2/c16-9-11-5-1-3-7-13(11)15(19)17-14-8-4-2-6-12(14)10-18/h11-14,18H,1-10,16H2,(H,17,19). The quantitative estimate of drug-likeness (QED) is 0.722. The molecule has 0 radical (unpaired) electrons. The number of amides is 1. The molecule has 4 heteroatoms. The molecule has 2 saturated carbocycles. The van der Waals surface area contributed by atoms with Gasteiger partial charge >= 0.3 is 0 Å². The average Bonchev–Trinajstić information content (AvgIpc) is 2.47. The van der Waals surface area contributed by atoms with Crippen molar-refractivity contribution in [2.75, 3.05) is 13.2 Å². The highest BCUT2D eigenvalue weighted by Gasteiger charge is 2.33. The Hall–Kier alpha value is -0.610. The minimum atomic E-state index is 0.0972. The number of aliphatic hydroxyl groups excluding tert-OH is 1. The van der Waals surface area contributed by atoms with E-state index in [4.69, 9.17) is 5.73 Å². The lowest BCUT2D eigenvalue weighted by molar-refractivity contribution is -0.129. The van der Waals surface area contributed by atoms with Gasteiger partial charge in [0.25, 0.3) is 0 Å². The third kappa shape index (κ3) is 3.69. The van der Waals surface area contributed by atoms with Gasteiger partial charge in [0.05, 0.1) is 0 Å². The molecule has 0 bridgehead atoms. The molecule has 4 nitrogen and oxygen atoms in total. The zero-order valence-corrected chi connectivity index (χ0v) is 11.8. The second-order valence-electron chi connectivity index (χ2n) is 6.23. The first-order valence-electron chi connectivity index (χ1n) is 7.87. The number of aliphatic hydroxyl groups is 1. The van der Waals surface area contributed by atoms with Crippen molar-refractivity contribution in [3.8, 4) is 0 Å². The Morgan fingerprint density at radius 1 is 1.05 bits per heavy atom. The van der Waals surface area contributed by atoms with Crippen LogP contribution in [-0.4, -0.2) is 30.2 Å². The summed E-state index contributed by atoms with van der Waals surface area (Å²) in [5.41, 5.74) is 5.80. The molecule has 0 aromatic heterocycles. The van der Waals surface area contributed by atoms with Crippen LogP contribution in [0.4, 0.5) is 0 Å². The van der Waals surface area contributed by atoms with Crippen LogP contribution < -0.4 is 11.1 Å². The molecule has 2 aliphatic carbocycles. The molecule has 0 heterocycles. The van der Waals surface area contributed by atoms with Crippen molar-refractivity contribution in [2.45, 2.75) is 57.4 Å². The summed E-state index contributed by atoms with van der Waals surface area (Å²) in [6.45, 7) is 0.808. The third-order valence-corrected chi connectivity index (χ3v) is 5.02. The van der Waals surface area contributed by atoms with Gasteiger partial charge in [-0.25, -0.2) is 0 Å². The SMILES string of the molecule is NCC1CCCCC1C(=O)NC1CCCCC1CO. The maximum Gasteiger partial charge on any atom is 0.223 e. The normalized spacial score (nSPS) is 35.9. The number of nitrogens with one attached hydrogen (secondary N) is 1. The Bertz CT molecular complexity index is 296. The highest BCUT2D eigenvalue weighted by atomic mass is 16.3. The molecule has 0 aromatic rings. The number of carbonyl (C=O) groups is 1. The predicted octanol–water partition coefficient (Wildman–Crippen LogP) is 1.42. The molecule has 0 saturated heterocycles. The van der Waals surface area contributed by atoms with Gasteiger partial charge in [-0.3, -0.25) is 4.79 Å². The van der Waals surface area contributed by atoms with Crippen molar-refractivity contribution in [3.63, 3.8) is 0 Å². The number of nitrogens with two attached hydrogens (primary N) is 1. The first-order chi connectivity index (χ1) is 9.26. The highest BCUT2D eigenvalue weighted by Crippen LogP contribution is 2.30. The lowest BCUT2D eigenvalue weighted by atomic mass is 9.78. The third-order valence-electron chi connectivity index (χ3n) is 5.02. The van der Waals surface area contributed by atoms with Gasteiger partial charge < -0.3 is 16.2 Å². The van der Waals surface area contributed by atoms with Crippen LogP contribution in [0.5, 0.6) is 0 Å². The number of rotatable bonds is 4. The topological polar surface area (TPSA) is 75.4 Å². The Kier molecular flexibility index (Phi) is 5.64. The lowest BCUT2D eigenvalue weighted by Gasteiger charge is -2.35. The summed E-state index contributed by atoms with van der Waals surface area (Å²) in [5, 5.41) is 12.6. The van der Waals surface area contributed by atoms with E-state index in [1.165, 1.54) is 12.8 Å². The van der Waals surface area contributed by atoms with E-state index in [1.54, 1.807) is 0 Å². The largest absolute Gasteiger partial charge is 0.396 e. The summed E-state index contributed by atoms with van der Waals surface area (Å²) in [6, 6.07) is 0.173. The molecule has 4 unspecified atom stereocenters. The van der Waals surface area contributed by atoms with Gasteiger partial charge in [0, 0.05) is 24.5 Å². The van der Waals surface area contributed by atoms with Gasteiger partial charge in [-0.15, -0.1) is 0 Å². The first kappa shape index (κ1) is 14.8. The van der Waals surface area contributed by atoms with Crippen molar-refractivity contribution >= 4 is 5.91 Å². The molecule has 110 valence electrons. The minimum absolute atomic E-state index is 0.0972. The van der Waals surface area contributed by atoms with E-state index in [-0.39, 0.29) is 30.4 Å². The van der Waals surface area contributed by atoms with Crippen LogP contribution in [0.3, 0.4) is 0 Å². The number of carbonyl (C=O) groups excluding carboxylic acids is 1. The van der Waals surface area contributed by atoms with E-state index in [0.717, 1.165) is 38.5 Å². The van der Waals surface area contributed by atoms with Crippen LogP contribution in [0.15, 0.2) is 0 Å². The molecular formula is C15H28N2O2. The fraction of sp³-hybridized carbons (Fsp3) is 0.933. The van der Waals surface area contributed by atoms with Crippen molar-refractivity contribution in [2.24, 2.45) is 23.5 Å². The van der Waals surface area contributed by atoms with Crippen LogP contribution in [0.2, 0.25) is 0 Å². The summed E-state index contributed by atoms with van der Waals surface area (Å²) >= 11 is 0. The minimum Gasteiger partial charge on any atom is -0.396 e. The zero-order chi connectivity index (χ0) is 13.7. The van der Waals surface area contributed by atoms with E-state index in [2.05, 4.69) is 5.32 Å². The Morgan fingerprint density at radius 2 is 1.68 bits per heavy atom. The number of hydrogen-bond acceptors (Lipinski definition) is 3. The van der Waals surface area contributed by atoms with Gasteiger partial charge in [-0.1, -0.05) is 25.7 Å². The smallest absolute Gasteiger partial charge is 0.223 e. The van der Waals surface area contributed by atoms with E-state index < -0.39 is 0 Å². The molecule has 1 amide bonds. The van der Waals surface area contributed by atoms with Crippen LogP contribution in [0.1, 0.15) is 51.4 Å². The van der Waals surface area contributed by atoms with Crippen molar-refractivity contribution in [3.05, 3.63) is 0 Å². The molecule has 4 atom stereocenters. The lowest BCUT2D eigenvalue weighted by Crippen LogP contribution is -2.48. The maximum absolute atomic E-state index is 12.4. The summed E-state index contributed by atoms with van der Waals surface area (Å²) in [4.78, 5) is 12.4. The van der Waals surface area contributed by atoms with E-state index >= 15 is 0 Å². The maximum atomic E-state index is 12.4. The molecule has 2 rings (SSSR count). The Balaban J connectivity index is 1.91. The van der Waals surface area contributed by atoms with E-state index in [0.29, 0.717) is 12.5 Å². The van der Waals surface area contributed by atoms with Gasteiger partial charge in [0.15, 0.2) is 0 Å². The second-order valence-corrected chi connectivity index (χ2v) is 6.23. The summed E-state index contributed by atoms with van der Waals surface area (Å²) in [7, 11) is 0. The van der Waals surface area contributed by atoms with Crippen molar-refractivity contribution < 1.29 is 9.90 Å². The Labute approximate surface area is 116 Å². The molecular weight excluding hydrogens is 240 g/mol. The van der Waals surface area contributed by atoms with Gasteiger partial charge in [0.1, 0.15) is 0 Å². The zero-order valence-electron chi connectivity index (χ0n) is 11.8. The molecule has 4 N–H and O–H groups in total. The van der Waals surface area contributed by atoms with Gasteiger partial charge in [-0.2, -0.15) is 0 Å². The van der Waals surface area contributed by atoms with Gasteiger partial charge in [0.2, 0.25) is 5.91 Å². The highest BCUT2D eigenvalue weighted by molar-refractivity contribution is 5.79. The van der Waals surface area contributed by atoms with Crippen LogP contribution in [-0.2, 0) is 4.79 Å². The fourth-order valence-electron chi connectivity index (χ4n) is 3.74. The molecule has 19 heavy (non-hydrogen) atoms. The van der Waals surface area contributed by atoms with Crippen molar-refractivity contribution in [1.82, 2.24) is 5.32 Å². The van der Waals surface area contributed by atoms with Crippen LogP contribution in [0.25, 0.3) is 0 Å². The second kappa shape index (κ2) is 7.25.